The maximum absolute atomic E-state index is 12.9. The van der Waals surface area contributed by atoms with Crippen molar-refractivity contribution in [1.82, 2.24) is 0 Å². The molecule has 2 N–H and O–H groups in total. The fourth-order valence-electron chi connectivity index (χ4n) is 0.892. The first-order chi connectivity index (χ1) is 5.11. The largest absolute Gasteiger partial charge is 0.324 e. The summed E-state index contributed by atoms with van der Waals surface area (Å²) in [5.74, 6) is -0.181. The van der Waals surface area contributed by atoms with Crippen molar-refractivity contribution in [2.45, 2.75) is 19.9 Å². The van der Waals surface area contributed by atoms with E-state index in [9.17, 15) is 4.39 Å². The highest BCUT2D eigenvalue weighted by molar-refractivity contribution is 5.24. The molecule has 60 valence electrons. The molecule has 0 saturated heterocycles. The molecule has 0 unspecified atom stereocenters. The Morgan fingerprint density at radius 2 is 2.09 bits per heavy atom. The van der Waals surface area contributed by atoms with Crippen molar-refractivity contribution in [3.05, 3.63) is 35.1 Å². The van der Waals surface area contributed by atoms with E-state index >= 15 is 0 Å². The van der Waals surface area contributed by atoms with Gasteiger partial charge >= 0.3 is 0 Å². The Morgan fingerprint density at radius 1 is 1.45 bits per heavy atom. The van der Waals surface area contributed by atoms with Crippen molar-refractivity contribution in [2.75, 3.05) is 0 Å². The van der Waals surface area contributed by atoms with E-state index in [1.807, 2.05) is 13.0 Å². The van der Waals surface area contributed by atoms with Crippen LogP contribution in [-0.2, 0) is 0 Å². The standard InChI is InChI=1S/C9H12FN/c1-6-3-4-8(7(2)11)5-9(6)10/h3-5,7H,11H2,1-2H3/t7-/m1/s1. The number of aryl methyl sites for hydroxylation is 1. The second-order valence-corrected chi connectivity index (χ2v) is 2.80. The highest BCUT2D eigenvalue weighted by atomic mass is 19.1. The summed E-state index contributed by atoms with van der Waals surface area (Å²) in [6, 6.07) is 4.99. The second-order valence-electron chi connectivity index (χ2n) is 2.80. The summed E-state index contributed by atoms with van der Waals surface area (Å²) in [7, 11) is 0. The molecule has 2 heteroatoms. The highest BCUT2D eigenvalue weighted by Gasteiger charge is 2.01. The zero-order valence-corrected chi connectivity index (χ0v) is 6.76. The van der Waals surface area contributed by atoms with Gasteiger partial charge in [0.25, 0.3) is 0 Å². The average molecular weight is 153 g/mol. The van der Waals surface area contributed by atoms with Gasteiger partial charge in [0.1, 0.15) is 5.82 Å². The third kappa shape index (κ3) is 1.77. The van der Waals surface area contributed by atoms with E-state index in [0.29, 0.717) is 5.56 Å². The van der Waals surface area contributed by atoms with Gasteiger partial charge in [-0.2, -0.15) is 0 Å². The van der Waals surface area contributed by atoms with Gasteiger partial charge in [-0.15, -0.1) is 0 Å². The average Bonchev–Trinajstić information content (AvgIpc) is 1.94. The van der Waals surface area contributed by atoms with Crippen molar-refractivity contribution in [2.24, 2.45) is 5.73 Å². The normalized spacial score (nSPS) is 13.1. The number of benzene rings is 1. The molecule has 0 bridgehead atoms. The van der Waals surface area contributed by atoms with Crippen LogP contribution in [-0.4, -0.2) is 0 Å². The van der Waals surface area contributed by atoms with Crippen LogP contribution < -0.4 is 5.73 Å². The van der Waals surface area contributed by atoms with Crippen LogP contribution in [0.15, 0.2) is 18.2 Å². The first kappa shape index (κ1) is 8.21. The Bertz CT molecular complexity index is 256. The van der Waals surface area contributed by atoms with Crippen molar-refractivity contribution in [3.63, 3.8) is 0 Å². The van der Waals surface area contributed by atoms with E-state index in [4.69, 9.17) is 5.73 Å². The van der Waals surface area contributed by atoms with Gasteiger partial charge in [0.15, 0.2) is 0 Å². The number of hydrogen-bond donors (Lipinski definition) is 1. The van der Waals surface area contributed by atoms with E-state index in [2.05, 4.69) is 0 Å². The Hall–Kier alpha value is -0.890. The molecule has 0 fully saturated rings. The zero-order valence-electron chi connectivity index (χ0n) is 6.76. The number of halogens is 1. The monoisotopic (exact) mass is 153 g/mol. The lowest BCUT2D eigenvalue weighted by molar-refractivity contribution is 0.613. The van der Waals surface area contributed by atoms with Crippen LogP contribution in [0.3, 0.4) is 0 Å². The van der Waals surface area contributed by atoms with Crippen molar-refractivity contribution >= 4 is 0 Å². The molecule has 0 aliphatic heterocycles. The quantitative estimate of drug-likeness (QED) is 0.657. The molecule has 0 saturated carbocycles. The van der Waals surface area contributed by atoms with Crippen molar-refractivity contribution < 1.29 is 4.39 Å². The smallest absolute Gasteiger partial charge is 0.126 e. The summed E-state index contributed by atoms with van der Waals surface area (Å²) in [4.78, 5) is 0. The number of hydrogen-bond acceptors (Lipinski definition) is 1. The Labute approximate surface area is 66.0 Å². The minimum Gasteiger partial charge on any atom is -0.324 e. The van der Waals surface area contributed by atoms with Gasteiger partial charge in [-0.3, -0.25) is 0 Å². The van der Waals surface area contributed by atoms with Crippen LogP contribution in [0.5, 0.6) is 0 Å². The molecule has 1 atom stereocenters. The van der Waals surface area contributed by atoms with Gasteiger partial charge in [-0.05, 0) is 31.0 Å². The predicted octanol–water partition coefficient (Wildman–Crippen LogP) is 2.15. The second kappa shape index (κ2) is 3.01. The Kier molecular flexibility index (Phi) is 2.25. The van der Waals surface area contributed by atoms with Crippen LogP contribution >= 0.6 is 0 Å². The van der Waals surface area contributed by atoms with Crippen molar-refractivity contribution in [1.29, 1.82) is 0 Å². The molecule has 1 aromatic rings. The summed E-state index contributed by atoms with van der Waals surface area (Å²) in [6.45, 7) is 3.57. The maximum Gasteiger partial charge on any atom is 0.126 e. The molecule has 0 aliphatic carbocycles. The fraction of sp³-hybridized carbons (Fsp3) is 0.333. The van der Waals surface area contributed by atoms with Crippen LogP contribution in [0.4, 0.5) is 4.39 Å². The SMILES string of the molecule is Cc1ccc([C@@H](C)N)cc1F. The number of rotatable bonds is 1. The predicted molar refractivity (Wildman–Crippen MR) is 43.7 cm³/mol. The first-order valence-corrected chi connectivity index (χ1v) is 3.63. The minimum absolute atomic E-state index is 0.0925. The molecule has 0 heterocycles. The fourth-order valence-corrected chi connectivity index (χ4v) is 0.892. The molecular weight excluding hydrogens is 141 g/mol. The van der Waals surface area contributed by atoms with E-state index in [1.165, 1.54) is 6.07 Å². The van der Waals surface area contributed by atoms with E-state index in [-0.39, 0.29) is 11.9 Å². The lowest BCUT2D eigenvalue weighted by Crippen LogP contribution is -2.05. The van der Waals surface area contributed by atoms with Crippen molar-refractivity contribution in [3.8, 4) is 0 Å². The molecule has 0 spiro atoms. The topological polar surface area (TPSA) is 26.0 Å². The minimum atomic E-state index is -0.181. The van der Waals surface area contributed by atoms with Gasteiger partial charge in [0, 0.05) is 6.04 Å². The summed E-state index contributed by atoms with van der Waals surface area (Å²) in [5.41, 5.74) is 7.07. The van der Waals surface area contributed by atoms with Gasteiger partial charge < -0.3 is 5.73 Å². The molecule has 1 rings (SSSR count). The molecule has 11 heavy (non-hydrogen) atoms. The molecule has 0 aliphatic rings. The summed E-state index contributed by atoms with van der Waals surface area (Å²) in [5, 5.41) is 0. The molecule has 0 aromatic heterocycles. The lowest BCUT2D eigenvalue weighted by Gasteiger charge is -2.05. The molecule has 0 amide bonds. The number of nitrogens with two attached hydrogens (primary N) is 1. The highest BCUT2D eigenvalue weighted by Crippen LogP contribution is 2.13. The van der Waals surface area contributed by atoms with Crippen LogP contribution in [0, 0.1) is 12.7 Å². The Balaban J connectivity index is 3.05. The van der Waals surface area contributed by atoms with Gasteiger partial charge in [0.05, 0.1) is 0 Å². The molecule has 1 aromatic carbocycles. The Morgan fingerprint density at radius 3 is 2.55 bits per heavy atom. The van der Waals surface area contributed by atoms with Gasteiger partial charge in [-0.1, -0.05) is 12.1 Å². The molecule has 1 nitrogen and oxygen atoms in total. The lowest BCUT2D eigenvalue weighted by atomic mass is 10.1. The molecule has 0 radical (unpaired) electrons. The molecular formula is C9H12FN. The van der Waals surface area contributed by atoms with E-state index in [1.54, 1.807) is 13.0 Å². The van der Waals surface area contributed by atoms with Crippen LogP contribution in [0.2, 0.25) is 0 Å². The van der Waals surface area contributed by atoms with Crippen LogP contribution in [0.25, 0.3) is 0 Å². The van der Waals surface area contributed by atoms with E-state index in [0.717, 1.165) is 5.56 Å². The maximum atomic E-state index is 12.9. The summed E-state index contributed by atoms with van der Waals surface area (Å²) in [6.07, 6.45) is 0. The van der Waals surface area contributed by atoms with Gasteiger partial charge in [-0.25, -0.2) is 4.39 Å². The van der Waals surface area contributed by atoms with Crippen LogP contribution in [0.1, 0.15) is 24.1 Å². The first-order valence-electron chi connectivity index (χ1n) is 3.63. The van der Waals surface area contributed by atoms with E-state index < -0.39 is 0 Å². The summed E-state index contributed by atoms with van der Waals surface area (Å²) >= 11 is 0. The third-order valence-electron chi connectivity index (χ3n) is 1.72. The third-order valence-corrected chi connectivity index (χ3v) is 1.72. The summed E-state index contributed by atoms with van der Waals surface area (Å²) < 4.78 is 12.9. The van der Waals surface area contributed by atoms with Gasteiger partial charge in [0.2, 0.25) is 0 Å². The zero-order chi connectivity index (χ0) is 8.43.